The molecule has 2 amide bonds. The van der Waals surface area contributed by atoms with Gasteiger partial charge in [0.2, 0.25) is 11.8 Å². The molecule has 3 rings (SSSR count). The maximum absolute atomic E-state index is 14.3. The third-order valence-corrected chi connectivity index (χ3v) is 9.66. The fourth-order valence-electron chi connectivity index (χ4n) is 4.57. The topological polar surface area (TPSA) is 139 Å². The van der Waals surface area contributed by atoms with Crippen molar-refractivity contribution in [3.8, 4) is 5.75 Å². The van der Waals surface area contributed by atoms with E-state index in [9.17, 15) is 28.1 Å². The molecular weight excluding hydrogens is 667 g/mol. The van der Waals surface area contributed by atoms with E-state index in [0.717, 1.165) is 10.4 Å². The largest absolute Gasteiger partial charge is 0.495 e. The fraction of sp³-hybridized carbons (Fsp3) is 0.333. The van der Waals surface area contributed by atoms with Gasteiger partial charge < -0.3 is 15.0 Å². The van der Waals surface area contributed by atoms with Gasteiger partial charge in [-0.1, -0.05) is 60.8 Å². The zero-order chi connectivity index (χ0) is 33.5. The number of anilines is 1. The molecule has 0 saturated carbocycles. The van der Waals surface area contributed by atoms with Gasteiger partial charge in [-0.2, -0.15) is 0 Å². The van der Waals surface area contributed by atoms with Crippen molar-refractivity contribution in [1.82, 2.24) is 10.2 Å². The number of halogens is 3. The Labute approximate surface area is 277 Å². The molecule has 3 aromatic rings. The van der Waals surface area contributed by atoms with Gasteiger partial charge in [0.15, 0.2) is 0 Å². The molecule has 0 aliphatic heterocycles. The number of benzene rings is 3. The first-order chi connectivity index (χ1) is 21.2. The first-order valence-corrected chi connectivity index (χ1v) is 16.4. The van der Waals surface area contributed by atoms with Crippen molar-refractivity contribution in [2.45, 2.75) is 51.1 Å². The number of hydrogen-bond donors (Lipinski definition) is 1. The van der Waals surface area contributed by atoms with Crippen molar-refractivity contribution in [3.05, 3.63) is 90.9 Å². The molecule has 15 heteroatoms. The molecule has 0 fully saturated rings. The number of rotatable bonds is 14. The smallest absolute Gasteiger partial charge is 0.273 e. The van der Waals surface area contributed by atoms with Gasteiger partial charge in [-0.3, -0.25) is 24.0 Å². The predicted molar refractivity (Wildman–Crippen MR) is 175 cm³/mol. The van der Waals surface area contributed by atoms with Crippen molar-refractivity contribution in [2.24, 2.45) is 0 Å². The number of nitro groups is 1. The lowest BCUT2D eigenvalue weighted by atomic mass is 10.1. The summed E-state index contributed by atoms with van der Waals surface area (Å²) >= 11 is 18.6. The van der Waals surface area contributed by atoms with Crippen LogP contribution in [0.5, 0.6) is 5.75 Å². The number of sulfonamides is 1. The van der Waals surface area contributed by atoms with E-state index in [1.807, 2.05) is 6.92 Å². The van der Waals surface area contributed by atoms with E-state index in [-0.39, 0.29) is 40.0 Å². The first-order valence-electron chi connectivity index (χ1n) is 13.9. The minimum Gasteiger partial charge on any atom is -0.495 e. The number of aryl methyl sites for hydroxylation is 1. The minimum absolute atomic E-state index is 0.0705. The van der Waals surface area contributed by atoms with Gasteiger partial charge in [-0.15, -0.1) is 0 Å². The number of methoxy groups -OCH3 is 1. The summed E-state index contributed by atoms with van der Waals surface area (Å²) in [5, 5.41) is 15.1. The highest BCUT2D eigenvalue weighted by atomic mass is 35.5. The number of ether oxygens (including phenoxy) is 1. The van der Waals surface area contributed by atoms with Crippen molar-refractivity contribution in [3.63, 3.8) is 0 Å². The Bertz CT molecular complexity index is 1690. The normalized spacial score (nSPS) is 11.9. The number of carbonyl (C=O) groups excluding carboxylic acids is 2. The second-order valence-electron chi connectivity index (χ2n) is 10.0. The van der Waals surface area contributed by atoms with Gasteiger partial charge in [0, 0.05) is 29.7 Å². The van der Waals surface area contributed by atoms with Crippen LogP contribution in [0.25, 0.3) is 0 Å². The monoisotopic (exact) mass is 698 g/mol. The molecule has 45 heavy (non-hydrogen) atoms. The highest BCUT2D eigenvalue weighted by molar-refractivity contribution is 7.92. The summed E-state index contributed by atoms with van der Waals surface area (Å²) in [7, 11) is -3.34. The van der Waals surface area contributed by atoms with Gasteiger partial charge in [-0.05, 0) is 61.7 Å². The Morgan fingerprint density at radius 1 is 1.02 bits per heavy atom. The number of hydrogen-bond acceptors (Lipinski definition) is 7. The quantitative estimate of drug-likeness (QED) is 0.152. The van der Waals surface area contributed by atoms with Gasteiger partial charge >= 0.3 is 0 Å². The molecule has 3 aromatic carbocycles. The Balaban J connectivity index is 2.19. The molecule has 0 radical (unpaired) electrons. The van der Waals surface area contributed by atoms with E-state index >= 15 is 0 Å². The van der Waals surface area contributed by atoms with Crippen LogP contribution < -0.4 is 14.4 Å². The Kier molecular flexibility index (Phi) is 12.5. The third kappa shape index (κ3) is 8.57. The Morgan fingerprint density at radius 2 is 1.73 bits per heavy atom. The molecular formula is C30H33Cl3N4O7S. The molecule has 1 atom stereocenters. The molecule has 0 bridgehead atoms. The van der Waals surface area contributed by atoms with Crippen LogP contribution >= 0.6 is 34.8 Å². The zero-order valence-electron chi connectivity index (χ0n) is 25.1. The summed E-state index contributed by atoms with van der Waals surface area (Å²) in [6, 6.07) is 11.4. The Morgan fingerprint density at radius 3 is 2.33 bits per heavy atom. The zero-order valence-corrected chi connectivity index (χ0v) is 28.1. The lowest BCUT2D eigenvalue weighted by molar-refractivity contribution is -0.385. The van der Waals surface area contributed by atoms with E-state index < -0.39 is 49.9 Å². The SMILES string of the molecule is CCCNC(=O)[C@@H](CC)N(Cc1ccc(Cl)c(Cl)c1)C(=O)CN(c1cc(Cl)ccc1OC)S(=O)(=O)c1ccc(C)c([N+](=O)[O-])c1. The van der Waals surface area contributed by atoms with Crippen LogP contribution in [0.3, 0.4) is 0 Å². The van der Waals surface area contributed by atoms with E-state index in [4.69, 9.17) is 39.5 Å². The van der Waals surface area contributed by atoms with Gasteiger partial charge in [0.05, 0.1) is 32.7 Å². The lowest BCUT2D eigenvalue weighted by Gasteiger charge is -2.33. The summed E-state index contributed by atoms with van der Waals surface area (Å²) in [6.45, 7) is 4.55. The summed E-state index contributed by atoms with van der Waals surface area (Å²) in [5.41, 5.74) is 0.293. The molecule has 0 aliphatic rings. The Hall–Kier alpha value is -3.58. The average molecular weight is 700 g/mol. The van der Waals surface area contributed by atoms with Gasteiger partial charge in [0.1, 0.15) is 18.3 Å². The maximum atomic E-state index is 14.3. The van der Waals surface area contributed by atoms with Gasteiger partial charge in [0.25, 0.3) is 15.7 Å². The van der Waals surface area contributed by atoms with Crippen molar-refractivity contribution in [2.75, 3.05) is 24.5 Å². The molecule has 0 spiro atoms. The van der Waals surface area contributed by atoms with Crippen molar-refractivity contribution in [1.29, 1.82) is 0 Å². The molecule has 0 saturated heterocycles. The van der Waals surface area contributed by atoms with Crippen molar-refractivity contribution < 1.29 is 27.7 Å². The van der Waals surface area contributed by atoms with E-state index in [1.54, 1.807) is 25.1 Å². The summed E-state index contributed by atoms with van der Waals surface area (Å²) < 4.78 is 34.7. The highest BCUT2D eigenvalue weighted by Gasteiger charge is 2.35. The number of amides is 2. The predicted octanol–water partition coefficient (Wildman–Crippen LogP) is 6.40. The van der Waals surface area contributed by atoms with Crippen LogP contribution in [-0.2, 0) is 26.2 Å². The van der Waals surface area contributed by atoms with Crippen LogP contribution in [0.15, 0.2) is 59.5 Å². The molecule has 11 nitrogen and oxygen atoms in total. The van der Waals surface area contributed by atoms with E-state index in [2.05, 4.69) is 5.32 Å². The van der Waals surface area contributed by atoms with E-state index in [0.29, 0.717) is 23.6 Å². The molecule has 0 aromatic heterocycles. The summed E-state index contributed by atoms with van der Waals surface area (Å²) in [6.07, 6.45) is 0.867. The van der Waals surface area contributed by atoms with Crippen molar-refractivity contribution >= 4 is 68.0 Å². The molecule has 0 aliphatic carbocycles. The second-order valence-corrected chi connectivity index (χ2v) is 13.1. The standard InChI is InChI=1S/C30H33Cl3N4O7S/c1-5-13-34-30(39)25(6-2)35(17-20-8-11-23(32)24(33)14-20)29(38)18-36(27-15-21(31)9-12-28(27)44-4)45(42,43)22-10-7-19(3)26(16-22)37(40)41/h7-12,14-16,25H,5-6,13,17-18H2,1-4H3,(H,34,39)/t25-/m1/s1. The highest BCUT2D eigenvalue weighted by Crippen LogP contribution is 2.36. The van der Waals surface area contributed by atoms with Crippen LogP contribution in [0.4, 0.5) is 11.4 Å². The molecule has 0 heterocycles. The average Bonchev–Trinajstić information content (AvgIpc) is 3.00. The number of nitro benzene ring substituents is 1. The van der Waals surface area contributed by atoms with Crippen LogP contribution in [0.1, 0.15) is 37.8 Å². The van der Waals surface area contributed by atoms with Crippen LogP contribution in [-0.4, -0.2) is 56.3 Å². The second kappa shape index (κ2) is 15.6. The van der Waals surface area contributed by atoms with E-state index in [1.165, 1.54) is 49.3 Å². The van der Waals surface area contributed by atoms with Crippen LogP contribution in [0, 0.1) is 17.0 Å². The van der Waals surface area contributed by atoms with Gasteiger partial charge in [-0.25, -0.2) is 8.42 Å². The fourth-order valence-corrected chi connectivity index (χ4v) is 6.49. The maximum Gasteiger partial charge on any atom is 0.273 e. The molecule has 242 valence electrons. The molecule has 0 unspecified atom stereocenters. The number of nitrogens with zero attached hydrogens (tertiary/aromatic N) is 3. The summed E-state index contributed by atoms with van der Waals surface area (Å²) in [4.78, 5) is 39.3. The van der Waals surface area contributed by atoms with Crippen LogP contribution in [0.2, 0.25) is 15.1 Å². The number of nitrogens with one attached hydrogen (secondary N) is 1. The third-order valence-electron chi connectivity index (χ3n) is 6.93. The number of carbonyl (C=O) groups is 2. The lowest BCUT2D eigenvalue weighted by Crippen LogP contribution is -2.52. The summed E-state index contributed by atoms with van der Waals surface area (Å²) in [5.74, 6) is -1.09. The minimum atomic E-state index is -4.65. The molecule has 1 N–H and O–H groups in total. The first kappa shape index (κ1) is 35.9.